The van der Waals surface area contributed by atoms with E-state index in [9.17, 15) is 36.2 Å². The molecule has 0 aliphatic heterocycles. The molecular weight excluding hydrogens is 436 g/mol. The monoisotopic (exact) mass is 449 g/mol. The summed E-state index contributed by atoms with van der Waals surface area (Å²) >= 11 is 5.82. The molecule has 30 heavy (non-hydrogen) atoms. The largest absolute Gasteiger partial charge is 0.481 e. The van der Waals surface area contributed by atoms with Crippen LogP contribution in [0.4, 0.5) is 26.3 Å². The molecule has 0 saturated heterocycles. The van der Waals surface area contributed by atoms with Crippen LogP contribution in [0.3, 0.4) is 0 Å². The molecule has 3 nitrogen and oxygen atoms in total. The second kappa shape index (κ2) is 7.54. The van der Waals surface area contributed by atoms with Crippen LogP contribution in [0.2, 0.25) is 5.02 Å². The minimum absolute atomic E-state index is 0.0404. The molecule has 0 aliphatic carbocycles. The highest BCUT2D eigenvalue weighted by Gasteiger charge is 2.35. The van der Waals surface area contributed by atoms with E-state index in [1.807, 2.05) is 0 Å². The Balaban J connectivity index is 2.21. The number of rotatable bonds is 4. The molecule has 0 bridgehead atoms. The van der Waals surface area contributed by atoms with Gasteiger partial charge in [0.05, 0.1) is 28.1 Å². The number of carboxylic acids is 1. The van der Waals surface area contributed by atoms with Crippen LogP contribution in [0.25, 0.3) is 10.9 Å². The second-order valence-electron chi connectivity index (χ2n) is 6.77. The van der Waals surface area contributed by atoms with Crippen molar-refractivity contribution in [2.75, 3.05) is 0 Å². The van der Waals surface area contributed by atoms with Crippen LogP contribution in [-0.2, 0) is 30.1 Å². The zero-order valence-electron chi connectivity index (χ0n) is 15.3. The van der Waals surface area contributed by atoms with Crippen molar-refractivity contribution in [3.8, 4) is 0 Å². The normalized spacial score (nSPS) is 12.5. The molecule has 0 aliphatic rings. The molecule has 1 heterocycles. The van der Waals surface area contributed by atoms with Crippen molar-refractivity contribution >= 4 is 28.5 Å². The maximum Gasteiger partial charge on any atom is 0.417 e. The minimum Gasteiger partial charge on any atom is -0.481 e. The number of carbonyl (C=O) groups is 1. The Morgan fingerprint density at radius 2 is 1.73 bits per heavy atom. The predicted molar refractivity (Wildman–Crippen MR) is 98.6 cm³/mol. The fourth-order valence-corrected chi connectivity index (χ4v) is 3.66. The van der Waals surface area contributed by atoms with Crippen LogP contribution in [0.5, 0.6) is 0 Å². The van der Waals surface area contributed by atoms with Crippen molar-refractivity contribution in [1.29, 1.82) is 0 Å². The van der Waals surface area contributed by atoms with Gasteiger partial charge in [-0.15, -0.1) is 0 Å². The highest BCUT2D eigenvalue weighted by molar-refractivity contribution is 6.32. The molecule has 3 rings (SSSR count). The van der Waals surface area contributed by atoms with Gasteiger partial charge >= 0.3 is 18.3 Å². The Kier molecular flexibility index (Phi) is 5.53. The highest BCUT2D eigenvalue weighted by atomic mass is 35.5. The third kappa shape index (κ3) is 4.26. The smallest absolute Gasteiger partial charge is 0.417 e. The lowest BCUT2D eigenvalue weighted by molar-refractivity contribution is -0.138. The number of hydrogen-bond acceptors (Lipinski definition) is 1. The number of alkyl halides is 6. The molecule has 0 atom stereocenters. The van der Waals surface area contributed by atoms with Gasteiger partial charge in [-0.1, -0.05) is 23.7 Å². The number of carboxylic acid groups (broad SMARTS) is 1. The van der Waals surface area contributed by atoms with Crippen LogP contribution in [0, 0.1) is 6.92 Å². The molecule has 1 N–H and O–H groups in total. The molecule has 1 aromatic heterocycles. The molecule has 0 fully saturated rings. The van der Waals surface area contributed by atoms with Gasteiger partial charge in [-0.05, 0) is 42.3 Å². The quantitative estimate of drug-likeness (QED) is 0.474. The summed E-state index contributed by atoms with van der Waals surface area (Å²) in [5.41, 5.74) is -1.04. The summed E-state index contributed by atoms with van der Waals surface area (Å²) in [5.74, 6) is -1.25. The molecule has 10 heteroatoms. The summed E-state index contributed by atoms with van der Waals surface area (Å²) in [7, 11) is 0. The summed E-state index contributed by atoms with van der Waals surface area (Å²) in [6.07, 6.45) is -9.84. The first-order valence-corrected chi connectivity index (χ1v) is 8.93. The van der Waals surface area contributed by atoms with E-state index in [1.54, 1.807) is 0 Å². The van der Waals surface area contributed by atoms with Crippen LogP contribution in [0.15, 0.2) is 36.4 Å². The Bertz CT molecular complexity index is 1130. The summed E-state index contributed by atoms with van der Waals surface area (Å²) in [6, 6.07) is 6.37. The van der Waals surface area contributed by atoms with Crippen LogP contribution < -0.4 is 0 Å². The van der Waals surface area contributed by atoms with E-state index in [0.717, 1.165) is 24.3 Å². The van der Waals surface area contributed by atoms with E-state index < -0.39 is 40.9 Å². The maximum atomic E-state index is 13.3. The van der Waals surface area contributed by atoms with Crippen molar-refractivity contribution < 1.29 is 36.2 Å². The first-order valence-electron chi connectivity index (χ1n) is 8.55. The molecule has 0 amide bonds. The van der Waals surface area contributed by atoms with Crippen molar-refractivity contribution in [1.82, 2.24) is 4.57 Å². The number of nitrogens with zero attached hydrogens (tertiary/aromatic N) is 1. The Hall–Kier alpha value is -2.68. The summed E-state index contributed by atoms with van der Waals surface area (Å²) in [5, 5.41) is 8.63. The van der Waals surface area contributed by atoms with Gasteiger partial charge in [0, 0.05) is 17.6 Å². The lowest BCUT2D eigenvalue weighted by Crippen LogP contribution is -2.08. The van der Waals surface area contributed by atoms with Gasteiger partial charge in [0.15, 0.2) is 0 Å². The maximum absolute atomic E-state index is 13.3. The molecule has 0 saturated carbocycles. The zero-order valence-corrected chi connectivity index (χ0v) is 16.1. The molecule has 0 radical (unpaired) electrons. The molecule has 0 unspecified atom stereocenters. The second-order valence-corrected chi connectivity index (χ2v) is 7.17. The minimum atomic E-state index is -4.75. The third-order valence-electron chi connectivity index (χ3n) is 4.77. The standard InChI is InChI=1S/C20H14ClF6NO2/c1-10-13(7-18(29)30)14-6-15(20(25,26)27)16(21)8-17(14)28(10)9-11-3-2-4-12(5-11)19(22,23)24/h2-6,8H,7,9H2,1H3,(H,29,30). The number of halogens is 7. The highest BCUT2D eigenvalue weighted by Crippen LogP contribution is 2.40. The molecule has 3 aromatic rings. The van der Waals surface area contributed by atoms with Crippen LogP contribution in [-0.4, -0.2) is 15.6 Å². The van der Waals surface area contributed by atoms with Crippen molar-refractivity contribution in [3.05, 3.63) is 69.4 Å². The fraction of sp³-hybridized carbons (Fsp3) is 0.250. The number of aliphatic carboxylic acids is 1. The summed E-state index contributed by atoms with van der Waals surface area (Å²) in [4.78, 5) is 11.3. The van der Waals surface area contributed by atoms with Gasteiger partial charge < -0.3 is 9.67 Å². The first kappa shape index (κ1) is 22.0. The topological polar surface area (TPSA) is 42.2 Å². The van der Waals surface area contributed by atoms with Gasteiger partial charge in [-0.2, -0.15) is 26.3 Å². The lowest BCUT2D eigenvalue weighted by atomic mass is 10.1. The van der Waals surface area contributed by atoms with Gasteiger partial charge in [0.2, 0.25) is 0 Å². The van der Waals surface area contributed by atoms with Crippen LogP contribution in [0.1, 0.15) is 27.9 Å². The van der Waals surface area contributed by atoms with Crippen molar-refractivity contribution in [2.24, 2.45) is 0 Å². The van der Waals surface area contributed by atoms with E-state index in [1.165, 1.54) is 23.6 Å². The summed E-state index contributed by atoms with van der Waals surface area (Å²) in [6.45, 7) is 1.40. The third-order valence-corrected chi connectivity index (χ3v) is 5.08. The van der Waals surface area contributed by atoms with E-state index in [4.69, 9.17) is 11.6 Å². The zero-order chi connectivity index (χ0) is 22.4. The van der Waals surface area contributed by atoms with E-state index in [2.05, 4.69) is 0 Å². The molecule has 160 valence electrons. The van der Waals surface area contributed by atoms with Crippen molar-refractivity contribution in [2.45, 2.75) is 32.2 Å². The van der Waals surface area contributed by atoms with E-state index in [0.29, 0.717) is 5.69 Å². The molecular formula is C20H14ClF6NO2. The number of fused-ring (bicyclic) bond motifs is 1. The van der Waals surface area contributed by atoms with Gasteiger partial charge in [0.1, 0.15) is 0 Å². The van der Waals surface area contributed by atoms with Gasteiger partial charge in [-0.3, -0.25) is 4.79 Å². The van der Waals surface area contributed by atoms with Gasteiger partial charge in [-0.25, -0.2) is 0 Å². The van der Waals surface area contributed by atoms with E-state index in [-0.39, 0.29) is 28.6 Å². The SMILES string of the molecule is Cc1c(CC(=O)O)c2cc(C(F)(F)F)c(Cl)cc2n1Cc1cccc(C(F)(F)F)c1. The first-order chi connectivity index (χ1) is 13.8. The van der Waals surface area contributed by atoms with Gasteiger partial charge in [0.25, 0.3) is 0 Å². The van der Waals surface area contributed by atoms with Crippen LogP contribution >= 0.6 is 11.6 Å². The average Bonchev–Trinajstić information content (AvgIpc) is 2.84. The molecule has 0 spiro atoms. The Labute approximate surface area is 171 Å². The van der Waals surface area contributed by atoms with Crippen molar-refractivity contribution in [3.63, 3.8) is 0 Å². The number of benzene rings is 2. The average molecular weight is 450 g/mol. The number of aromatic nitrogens is 1. The van der Waals surface area contributed by atoms with E-state index >= 15 is 0 Å². The summed E-state index contributed by atoms with van der Waals surface area (Å²) < 4.78 is 80.3. The molecule has 2 aromatic carbocycles. The fourth-order valence-electron chi connectivity index (χ4n) is 3.39. The Morgan fingerprint density at radius 1 is 1.07 bits per heavy atom. The predicted octanol–water partition coefficient (Wildman–Crippen LogP) is 6.32. The number of hydrogen-bond donors (Lipinski definition) is 1. The Morgan fingerprint density at radius 3 is 2.30 bits per heavy atom. The lowest BCUT2D eigenvalue weighted by Gasteiger charge is -2.13.